The number of hydrogen-bond donors (Lipinski definition) is 1. The van der Waals surface area contributed by atoms with Crippen molar-refractivity contribution in [3.05, 3.63) is 66.0 Å². The van der Waals surface area contributed by atoms with Crippen molar-refractivity contribution < 1.29 is 5.11 Å². The summed E-state index contributed by atoms with van der Waals surface area (Å²) in [5, 5.41) is 19.6. The number of aromatic nitrogens is 1. The van der Waals surface area contributed by atoms with Gasteiger partial charge < -0.3 is 10.0 Å². The minimum Gasteiger partial charge on any atom is -0.387 e. The van der Waals surface area contributed by atoms with E-state index in [-0.39, 0.29) is 0 Å². The normalized spacial score (nSPS) is 13.6. The molecule has 1 aromatic carbocycles. The molecule has 1 N–H and O–H groups in total. The van der Waals surface area contributed by atoms with Crippen LogP contribution >= 0.6 is 0 Å². The Morgan fingerprint density at radius 3 is 2.48 bits per heavy atom. The molecule has 4 nitrogen and oxygen atoms in total. The monoisotopic (exact) mass is 281 g/mol. The first kappa shape index (κ1) is 15.2. The molecule has 21 heavy (non-hydrogen) atoms. The van der Waals surface area contributed by atoms with E-state index < -0.39 is 12.0 Å². The Labute approximate surface area is 125 Å². The molecule has 0 saturated carbocycles. The van der Waals surface area contributed by atoms with Crippen molar-refractivity contribution in [3.8, 4) is 6.07 Å². The van der Waals surface area contributed by atoms with Crippen LogP contribution in [0.1, 0.15) is 17.2 Å². The molecule has 108 valence electrons. The van der Waals surface area contributed by atoms with E-state index >= 15 is 0 Å². The van der Waals surface area contributed by atoms with Gasteiger partial charge in [-0.15, -0.1) is 0 Å². The van der Waals surface area contributed by atoms with E-state index in [2.05, 4.69) is 23.2 Å². The summed E-state index contributed by atoms with van der Waals surface area (Å²) in [6.45, 7) is 1.26. The molecule has 4 heteroatoms. The Balaban J connectivity index is 1.97. The van der Waals surface area contributed by atoms with Gasteiger partial charge >= 0.3 is 0 Å². The van der Waals surface area contributed by atoms with Crippen molar-refractivity contribution in [1.82, 2.24) is 9.88 Å². The molecule has 0 aliphatic rings. The summed E-state index contributed by atoms with van der Waals surface area (Å²) in [6.07, 6.45) is 2.46. The second kappa shape index (κ2) is 7.53. The molecule has 0 aliphatic heterocycles. The minimum atomic E-state index is -0.795. The summed E-state index contributed by atoms with van der Waals surface area (Å²) in [5.74, 6) is -0.471. The number of hydrogen-bond acceptors (Lipinski definition) is 4. The number of benzene rings is 1. The van der Waals surface area contributed by atoms with Crippen LogP contribution in [0.4, 0.5) is 0 Å². The predicted molar refractivity (Wildman–Crippen MR) is 81.1 cm³/mol. The third-order valence-corrected chi connectivity index (χ3v) is 3.40. The van der Waals surface area contributed by atoms with E-state index in [1.165, 1.54) is 5.56 Å². The highest BCUT2D eigenvalue weighted by Gasteiger charge is 2.22. The maximum atomic E-state index is 10.3. The molecule has 1 heterocycles. The fraction of sp³-hybridized carbons (Fsp3) is 0.294. The molecule has 0 aliphatic carbocycles. The average molecular weight is 281 g/mol. The van der Waals surface area contributed by atoms with Gasteiger partial charge in [0.05, 0.1) is 18.1 Å². The highest BCUT2D eigenvalue weighted by Crippen LogP contribution is 2.22. The fourth-order valence-corrected chi connectivity index (χ4v) is 2.30. The van der Waals surface area contributed by atoms with Crippen LogP contribution in [0.3, 0.4) is 0 Å². The van der Waals surface area contributed by atoms with Crippen molar-refractivity contribution in [2.75, 3.05) is 13.6 Å². The summed E-state index contributed by atoms with van der Waals surface area (Å²) in [7, 11) is 1.95. The fourth-order valence-electron chi connectivity index (χ4n) is 2.30. The summed E-state index contributed by atoms with van der Waals surface area (Å²) < 4.78 is 0. The lowest BCUT2D eigenvalue weighted by atomic mass is 9.97. The first-order valence-electron chi connectivity index (χ1n) is 6.91. The van der Waals surface area contributed by atoms with E-state index in [0.717, 1.165) is 12.1 Å². The van der Waals surface area contributed by atoms with Gasteiger partial charge in [0.1, 0.15) is 0 Å². The van der Waals surface area contributed by atoms with E-state index in [1.807, 2.05) is 30.1 Å². The summed E-state index contributed by atoms with van der Waals surface area (Å²) in [5.41, 5.74) is 1.92. The first-order valence-corrected chi connectivity index (χ1v) is 6.91. The van der Waals surface area contributed by atoms with Crippen LogP contribution in [0, 0.1) is 17.2 Å². The third kappa shape index (κ3) is 4.38. The van der Waals surface area contributed by atoms with E-state index in [1.54, 1.807) is 24.5 Å². The number of aliphatic hydroxyl groups is 1. The van der Waals surface area contributed by atoms with Gasteiger partial charge in [0.15, 0.2) is 0 Å². The molecule has 1 aromatic heterocycles. The van der Waals surface area contributed by atoms with Crippen molar-refractivity contribution in [2.24, 2.45) is 5.92 Å². The maximum Gasteiger partial charge on any atom is 0.0961 e. The highest BCUT2D eigenvalue weighted by atomic mass is 16.3. The van der Waals surface area contributed by atoms with Crippen molar-refractivity contribution in [2.45, 2.75) is 12.6 Å². The van der Waals surface area contributed by atoms with Crippen LogP contribution in [-0.4, -0.2) is 28.6 Å². The SMILES string of the molecule is CN(Cc1ccccc1)CC(C#N)C(O)c1ccncc1. The predicted octanol–water partition coefficient (Wildman–Crippen LogP) is 2.39. The summed E-state index contributed by atoms with van der Waals surface area (Å²) >= 11 is 0. The average Bonchev–Trinajstić information content (AvgIpc) is 2.53. The molecule has 0 fully saturated rings. The molecule has 2 atom stereocenters. The third-order valence-electron chi connectivity index (χ3n) is 3.40. The lowest BCUT2D eigenvalue weighted by Crippen LogP contribution is -2.28. The molecule has 0 spiro atoms. The number of rotatable bonds is 6. The molecule has 0 bridgehead atoms. The van der Waals surface area contributed by atoms with Gasteiger partial charge in [0.25, 0.3) is 0 Å². The van der Waals surface area contributed by atoms with E-state index in [4.69, 9.17) is 0 Å². The summed E-state index contributed by atoms with van der Waals surface area (Å²) in [6, 6.07) is 15.8. The lowest BCUT2D eigenvalue weighted by Gasteiger charge is -2.23. The minimum absolute atomic E-state index is 0.471. The molecule has 2 unspecified atom stereocenters. The van der Waals surface area contributed by atoms with E-state index in [9.17, 15) is 10.4 Å². The van der Waals surface area contributed by atoms with E-state index in [0.29, 0.717) is 6.54 Å². The van der Waals surface area contributed by atoms with Crippen molar-refractivity contribution in [1.29, 1.82) is 5.26 Å². The number of nitriles is 1. The lowest BCUT2D eigenvalue weighted by molar-refractivity contribution is 0.111. The molecule has 0 saturated heterocycles. The molecule has 0 radical (unpaired) electrons. The summed E-state index contributed by atoms with van der Waals surface area (Å²) in [4.78, 5) is 5.97. The van der Waals surface area contributed by atoms with Crippen molar-refractivity contribution >= 4 is 0 Å². The Hall–Kier alpha value is -2.22. The maximum absolute atomic E-state index is 10.3. The molecular weight excluding hydrogens is 262 g/mol. The zero-order valence-electron chi connectivity index (χ0n) is 12.1. The zero-order valence-corrected chi connectivity index (χ0v) is 12.1. The Morgan fingerprint density at radius 1 is 1.19 bits per heavy atom. The standard InChI is InChI=1S/C17H19N3O/c1-20(12-14-5-3-2-4-6-14)13-16(11-18)17(21)15-7-9-19-10-8-15/h2-10,16-17,21H,12-13H2,1H3. The number of aliphatic hydroxyl groups excluding tert-OH is 1. The van der Waals surface area contributed by atoms with Crippen LogP contribution in [0.5, 0.6) is 0 Å². The second-order valence-electron chi connectivity index (χ2n) is 5.14. The Morgan fingerprint density at radius 2 is 1.86 bits per heavy atom. The molecular formula is C17H19N3O. The van der Waals surface area contributed by atoms with Crippen LogP contribution in [-0.2, 0) is 6.54 Å². The Bertz CT molecular complexity index is 580. The van der Waals surface area contributed by atoms with Gasteiger partial charge in [-0.1, -0.05) is 30.3 Å². The Kier molecular flexibility index (Phi) is 5.44. The first-order chi connectivity index (χ1) is 10.2. The van der Waals surface area contributed by atoms with Gasteiger partial charge in [0, 0.05) is 25.5 Å². The van der Waals surface area contributed by atoms with Gasteiger partial charge in [-0.05, 0) is 30.3 Å². The van der Waals surface area contributed by atoms with Crippen LogP contribution in [0.15, 0.2) is 54.9 Å². The van der Waals surface area contributed by atoms with Crippen molar-refractivity contribution in [3.63, 3.8) is 0 Å². The van der Waals surface area contributed by atoms with Crippen LogP contribution in [0.2, 0.25) is 0 Å². The largest absolute Gasteiger partial charge is 0.387 e. The van der Waals surface area contributed by atoms with Gasteiger partial charge in [-0.2, -0.15) is 5.26 Å². The highest BCUT2D eigenvalue weighted by molar-refractivity contribution is 5.17. The molecule has 0 amide bonds. The topological polar surface area (TPSA) is 60.2 Å². The molecule has 2 rings (SSSR count). The smallest absolute Gasteiger partial charge is 0.0961 e. The zero-order chi connectivity index (χ0) is 15.1. The van der Waals surface area contributed by atoms with Gasteiger partial charge in [-0.25, -0.2) is 0 Å². The van der Waals surface area contributed by atoms with Gasteiger partial charge in [0.2, 0.25) is 0 Å². The van der Waals surface area contributed by atoms with Gasteiger partial charge in [-0.3, -0.25) is 4.98 Å². The molecule has 2 aromatic rings. The van der Waals surface area contributed by atoms with Crippen LogP contribution in [0.25, 0.3) is 0 Å². The number of nitrogens with zero attached hydrogens (tertiary/aromatic N) is 3. The quantitative estimate of drug-likeness (QED) is 0.883. The second-order valence-corrected chi connectivity index (χ2v) is 5.14. The van der Waals surface area contributed by atoms with Crippen LogP contribution < -0.4 is 0 Å². The number of pyridine rings is 1.